The summed E-state index contributed by atoms with van der Waals surface area (Å²) in [5.41, 5.74) is -0.570. The highest BCUT2D eigenvalue weighted by molar-refractivity contribution is 5.72. The van der Waals surface area contributed by atoms with Crippen LogP contribution in [-0.2, 0) is 24.3 Å². The zero-order chi connectivity index (χ0) is 18.1. The summed E-state index contributed by atoms with van der Waals surface area (Å²) in [7, 11) is 0. The highest BCUT2D eigenvalue weighted by Crippen LogP contribution is 2.29. The minimum absolute atomic E-state index is 0.141. The quantitative estimate of drug-likeness (QED) is 0.623. The Kier molecular flexibility index (Phi) is 10.3. The molecule has 6 heteroatoms. The first-order valence-corrected chi connectivity index (χ1v) is 7.51. The third-order valence-corrected chi connectivity index (χ3v) is 2.67. The molecule has 0 aromatic heterocycles. The molecule has 1 unspecified atom stereocenters. The average molecular weight is 320 g/mol. The van der Waals surface area contributed by atoms with Gasteiger partial charge in [0.05, 0.1) is 11.8 Å². The van der Waals surface area contributed by atoms with E-state index in [1.807, 2.05) is 48.5 Å². The van der Waals surface area contributed by atoms with Gasteiger partial charge < -0.3 is 4.89 Å². The Balaban J connectivity index is 0. The lowest BCUT2D eigenvalue weighted by Gasteiger charge is -2.25. The minimum atomic E-state index is -0.542. The fourth-order valence-electron chi connectivity index (χ4n) is 1.46. The number of rotatable bonds is 4. The van der Waals surface area contributed by atoms with Crippen LogP contribution in [0.4, 0.5) is 0 Å². The molecule has 0 amide bonds. The number of hydrogen-bond acceptors (Lipinski definition) is 6. The van der Waals surface area contributed by atoms with E-state index < -0.39 is 11.6 Å². The van der Waals surface area contributed by atoms with E-state index in [1.165, 1.54) is 0 Å². The Morgan fingerprint density at radius 1 is 1.00 bits per heavy atom. The molecule has 0 rings (SSSR count). The van der Waals surface area contributed by atoms with Crippen LogP contribution in [0.3, 0.4) is 0 Å². The Hall–Kier alpha value is -1.14. The van der Waals surface area contributed by atoms with Crippen LogP contribution in [-0.4, -0.2) is 22.8 Å². The van der Waals surface area contributed by atoms with E-state index in [2.05, 4.69) is 9.78 Å². The molecule has 1 atom stereocenters. The summed E-state index contributed by atoms with van der Waals surface area (Å²) in [5, 5.41) is 8.15. The van der Waals surface area contributed by atoms with Gasteiger partial charge in [0.15, 0.2) is 0 Å². The Morgan fingerprint density at radius 3 is 1.64 bits per heavy atom. The molecule has 6 nitrogen and oxygen atoms in total. The predicted octanol–water partition coefficient (Wildman–Crippen LogP) is 3.99. The van der Waals surface area contributed by atoms with Crippen molar-refractivity contribution in [3.8, 4) is 0 Å². The zero-order valence-corrected chi connectivity index (χ0v) is 15.4. The van der Waals surface area contributed by atoms with Crippen LogP contribution < -0.4 is 0 Å². The van der Waals surface area contributed by atoms with Crippen molar-refractivity contribution in [3.63, 3.8) is 0 Å². The monoisotopic (exact) mass is 320 g/mol. The fraction of sp³-hybridized carbons (Fsp3) is 0.875. The molecule has 0 aliphatic heterocycles. The van der Waals surface area contributed by atoms with Gasteiger partial charge in [-0.3, -0.25) is 4.89 Å². The Bertz CT molecular complexity index is 336. The molecule has 1 N–H and O–H groups in total. The lowest BCUT2D eigenvalue weighted by molar-refractivity contribution is -0.322. The first-order valence-electron chi connectivity index (χ1n) is 7.51. The average Bonchev–Trinajstić information content (AvgIpc) is 2.34. The van der Waals surface area contributed by atoms with E-state index in [0.29, 0.717) is 6.42 Å². The maximum absolute atomic E-state index is 10.9. The van der Waals surface area contributed by atoms with Gasteiger partial charge in [-0.15, -0.1) is 0 Å². The zero-order valence-electron chi connectivity index (χ0n) is 15.4. The topological polar surface area (TPSA) is 82.1 Å². The van der Waals surface area contributed by atoms with Crippen molar-refractivity contribution in [3.05, 3.63) is 0 Å². The summed E-state index contributed by atoms with van der Waals surface area (Å²) in [4.78, 5) is 34.8. The van der Waals surface area contributed by atoms with Gasteiger partial charge in [0.1, 0.15) is 5.60 Å². The highest BCUT2D eigenvalue weighted by atomic mass is 17.2. The number of carbonyl (C=O) groups is 2. The van der Waals surface area contributed by atoms with Crippen molar-refractivity contribution in [1.82, 2.24) is 0 Å². The van der Waals surface area contributed by atoms with Gasteiger partial charge in [0.2, 0.25) is 0 Å². The Labute approximate surface area is 134 Å². The molecule has 0 saturated heterocycles. The molecule has 0 aliphatic carbocycles. The van der Waals surface area contributed by atoms with Gasteiger partial charge in [-0.1, -0.05) is 41.5 Å². The van der Waals surface area contributed by atoms with Gasteiger partial charge in [-0.25, -0.2) is 9.59 Å². The minimum Gasteiger partial charge on any atom is -0.301 e. The summed E-state index contributed by atoms with van der Waals surface area (Å²) < 4.78 is 0. The van der Waals surface area contributed by atoms with Crippen LogP contribution in [0, 0.1) is 17.3 Å². The second-order valence-corrected chi connectivity index (χ2v) is 7.49. The first kappa shape index (κ1) is 23.1. The Morgan fingerprint density at radius 2 is 1.45 bits per heavy atom. The van der Waals surface area contributed by atoms with E-state index in [-0.39, 0.29) is 23.2 Å². The summed E-state index contributed by atoms with van der Waals surface area (Å²) >= 11 is 0. The smallest absolute Gasteiger partial charge is 0.301 e. The van der Waals surface area contributed by atoms with E-state index in [1.54, 1.807) is 13.8 Å². The second-order valence-electron chi connectivity index (χ2n) is 7.49. The lowest BCUT2D eigenvalue weighted by Crippen LogP contribution is -2.28. The van der Waals surface area contributed by atoms with Crippen molar-refractivity contribution in [2.24, 2.45) is 17.3 Å². The molecule has 0 spiro atoms. The molecule has 0 aliphatic rings. The van der Waals surface area contributed by atoms with Crippen molar-refractivity contribution in [1.29, 1.82) is 0 Å². The molecule has 0 heterocycles. The van der Waals surface area contributed by atoms with Crippen LogP contribution in [0.25, 0.3) is 0 Å². The normalized spacial score (nSPS) is 13.0. The van der Waals surface area contributed by atoms with Crippen LogP contribution in [0.15, 0.2) is 0 Å². The molecular weight excluding hydrogens is 288 g/mol. The third kappa shape index (κ3) is 11.5. The summed E-state index contributed by atoms with van der Waals surface area (Å²) in [6.07, 6.45) is 0.683. The van der Waals surface area contributed by atoms with Crippen LogP contribution >= 0.6 is 0 Å². The molecule has 0 radical (unpaired) electrons. The van der Waals surface area contributed by atoms with Gasteiger partial charge in [-0.05, 0) is 32.6 Å². The van der Waals surface area contributed by atoms with E-state index in [0.717, 1.165) is 0 Å². The van der Waals surface area contributed by atoms with Crippen molar-refractivity contribution in [2.75, 3.05) is 0 Å². The molecule has 22 heavy (non-hydrogen) atoms. The highest BCUT2D eigenvalue weighted by Gasteiger charge is 2.31. The number of carbonyl (C=O) groups excluding carboxylic acids is 2. The van der Waals surface area contributed by atoms with Gasteiger partial charge in [-0.2, -0.15) is 10.1 Å². The summed E-state index contributed by atoms with van der Waals surface area (Å²) in [5.74, 6) is -1.25. The largest absolute Gasteiger partial charge is 0.345 e. The third-order valence-electron chi connectivity index (χ3n) is 2.67. The molecule has 0 fully saturated rings. The SMILES string of the molecule is CC(C)C(=O)OOC(C)(C)C.CCC(C(=O)OO)C(C)(C)C. The van der Waals surface area contributed by atoms with Gasteiger partial charge in [0.25, 0.3) is 0 Å². The van der Waals surface area contributed by atoms with Crippen LogP contribution in [0.5, 0.6) is 0 Å². The molecular formula is C16H32O6. The molecule has 0 aromatic carbocycles. The maximum atomic E-state index is 10.9. The summed E-state index contributed by atoms with van der Waals surface area (Å²) in [6, 6.07) is 0. The lowest BCUT2D eigenvalue weighted by atomic mass is 9.79. The van der Waals surface area contributed by atoms with Crippen molar-refractivity contribution in [2.45, 2.75) is 74.3 Å². The molecule has 0 aromatic rings. The van der Waals surface area contributed by atoms with E-state index in [9.17, 15) is 9.59 Å². The molecule has 0 saturated carbocycles. The van der Waals surface area contributed by atoms with E-state index >= 15 is 0 Å². The summed E-state index contributed by atoms with van der Waals surface area (Å²) in [6.45, 7) is 16.7. The maximum Gasteiger partial charge on any atom is 0.345 e. The van der Waals surface area contributed by atoms with Crippen LogP contribution in [0.2, 0.25) is 0 Å². The second kappa shape index (κ2) is 9.79. The van der Waals surface area contributed by atoms with Crippen molar-refractivity contribution < 1.29 is 29.5 Å². The van der Waals surface area contributed by atoms with Crippen molar-refractivity contribution >= 4 is 11.9 Å². The first-order chi connectivity index (χ1) is 9.76. The van der Waals surface area contributed by atoms with Gasteiger partial charge in [0, 0.05) is 0 Å². The standard InChI is InChI=1S/2C8H16O3/c1-6(2)7(9)10-11-8(3,4)5;1-5-6(7(9)11-10)8(2,3)4/h6H,1-5H3;6,10H,5H2,1-4H3. The fourth-order valence-corrected chi connectivity index (χ4v) is 1.46. The van der Waals surface area contributed by atoms with Gasteiger partial charge >= 0.3 is 11.9 Å². The van der Waals surface area contributed by atoms with E-state index in [4.69, 9.17) is 10.1 Å². The molecule has 132 valence electrons. The number of hydrogen-bond donors (Lipinski definition) is 1. The molecule has 0 bridgehead atoms. The predicted molar refractivity (Wildman–Crippen MR) is 83.7 cm³/mol. The van der Waals surface area contributed by atoms with Crippen LogP contribution in [0.1, 0.15) is 68.7 Å².